The predicted molar refractivity (Wildman–Crippen MR) is 91.8 cm³/mol. The van der Waals surface area contributed by atoms with E-state index in [9.17, 15) is 13.2 Å². The molecule has 8 heteroatoms. The largest absolute Gasteiger partial charge is 0.350 e. The van der Waals surface area contributed by atoms with Gasteiger partial charge in [0.15, 0.2) is 9.84 Å². The number of likely N-dealkylation sites (tertiary alicyclic amines) is 1. The van der Waals surface area contributed by atoms with Gasteiger partial charge < -0.3 is 10.2 Å². The highest BCUT2D eigenvalue weighted by Gasteiger charge is 2.28. The highest BCUT2D eigenvalue weighted by molar-refractivity contribution is 7.91. The lowest BCUT2D eigenvalue weighted by Crippen LogP contribution is -2.33. The molecule has 24 heavy (non-hydrogen) atoms. The van der Waals surface area contributed by atoms with Crippen molar-refractivity contribution >= 4 is 21.7 Å². The Morgan fingerprint density at radius 1 is 1.21 bits per heavy atom. The maximum absolute atomic E-state index is 12.7. The van der Waals surface area contributed by atoms with E-state index in [1.165, 1.54) is 0 Å². The van der Waals surface area contributed by atoms with Crippen molar-refractivity contribution in [1.29, 1.82) is 0 Å². The number of nitrogens with one attached hydrogen (secondary N) is 1. The molecule has 1 amide bonds. The van der Waals surface area contributed by atoms with Crippen LogP contribution in [0.1, 0.15) is 48.3 Å². The van der Waals surface area contributed by atoms with Crippen LogP contribution in [-0.4, -0.2) is 59.8 Å². The van der Waals surface area contributed by atoms with Crippen molar-refractivity contribution in [3.8, 4) is 0 Å². The molecule has 2 aliphatic rings. The van der Waals surface area contributed by atoms with Crippen molar-refractivity contribution in [3.05, 3.63) is 17.5 Å². The third kappa shape index (κ3) is 4.23. The Labute approximate surface area is 142 Å². The van der Waals surface area contributed by atoms with Crippen molar-refractivity contribution in [2.24, 2.45) is 0 Å². The number of nitrogens with zero attached hydrogens (tertiary/aromatic N) is 3. The summed E-state index contributed by atoms with van der Waals surface area (Å²) in [6, 6.07) is 1.52. The third-order valence-electron chi connectivity index (χ3n) is 4.53. The molecule has 1 N–H and O–H groups in total. The van der Waals surface area contributed by atoms with E-state index in [0.29, 0.717) is 23.8 Å². The van der Waals surface area contributed by atoms with Crippen LogP contribution in [0.4, 0.5) is 5.95 Å². The van der Waals surface area contributed by atoms with E-state index in [-0.39, 0.29) is 23.5 Å². The molecular weight excluding hydrogens is 328 g/mol. The molecule has 0 spiro atoms. The van der Waals surface area contributed by atoms with Crippen LogP contribution in [0.2, 0.25) is 0 Å². The Morgan fingerprint density at radius 2 is 1.92 bits per heavy atom. The predicted octanol–water partition coefficient (Wildman–Crippen LogP) is 1.40. The zero-order chi connectivity index (χ0) is 17.2. The number of rotatable bonds is 3. The number of hydrogen-bond acceptors (Lipinski definition) is 6. The average molecular weight is 352 g/mol. The van der Waals surface area contributed by atoms with E-state index in [2.05, 4.69) is 15.3 Å². The van der Waals surface area contributed by atoms with Crippen LogP contribution in [0.15, 0.2) is 6.07 Å². The summed E-state index contributed by atoms with van der Waals surface area (Å²) in [5.74, 6) is 0.565. The first kappa shape index (κ1) is 17.1. The lowest BCUT2D eigenvalue weighted by Gasteiger charge is -2.20. The summed E-state index contributed by atoms with van der Waals surface area (Å²) in [6.07, 6.45) is 4.93. The van der Waals surface area contributed by atoms with E-state index >= 15 is 0 Å². The fourth-order valence-corrected chi connectivity index (χ4v) is 4.94. The maximum Gasteiger partial charge on any atom is 0.272 e. The third-order valence-corrected chi connectivity index (χ3v) is 6.30. The van der Waals surface area contributed by atoms with Gasteiger partial charge in [0.1, 0.15) is 5.69 Å². The van der Waals surface area contributed by atoms with Gasteiger partial charge in [-0.05, 0) is 32.3 Å². The zero-order valence-corrected chi connectivity index (χ0v) is 14.8. The number of carbonyl (C=O) groups excluding carboxylic acids is 1. The van der Waals surface area contributed by atoms with Crippen LogP contribution in [0, 0.1) is 6.92 Å². The monoisotopic (exact) mass is 352 g/mol. The van der Waals surface area contributed by atoms with Crippen LogP contribution in [0.3, 0.4) is 0 Å². The molecule has 2 fully saturated rings. The number of anilines is 1. The highest BCUT2D eigenvalue weighted by atomic mass is 32.2. The molecule has 1 atom stereocenters. The lowest BCUT2D eigenvalue weighted by atomic mass is 10.2. The van der Waals surface area contributed by atoms with Gasteiger partial charge in [0, 0.05) is 24.8 Å². The molecule has 0 saturated carbocycles. The van der Waals surface area contributed by atoms with Gasteiger partial charge in [-0.3, -0.25) is 4.79 Å². The van der Waals surface area contributed by atoms with Crippen molar-refractivity contribution < 1.29 is 13.2 Å². The smallest absolute Gasteiger partial charge is 0.272 e. The normalized spacial score (nSPS) is 23.7. The number of carbonyl (C=O) groups is 1. The van der Waals surface area contributed by atoms with Crippen LogP contribution in [0.5, 0.6) is 0 Å². The van der Waals surface area contributed by atoms with Gasteiger partial charge in [0.25, 0.3) is 5.91 Å². The quantitative estimate of drug-likeness (QED) is 0.884. The molecule has 2 aliphatic heterocycles. The molecular formula is C16H24N4O3S. The standard InChI is InChI=1S/C16H24N4O3S/c1-12-10-14(15(21)20-7-4-2-3-5-8-20)19-16(17-12)18-13-6-9-24(22,23)11-13/h10,13H,2-9,11H2,1H3,(H,17,18,19). The minimum Gasteiger partial charge on any atom is -0.350 e. The molecule has 0 bridgehead atoms. The van der Waals surface area contributed by atoms with E-state index in [4.69, 9.17) is 0 Å². The maximum atomic E-state index is 12.7. The summed E-state index contributed by atoms with van der Waals surface area (Å²) < 4.78 is 23.1. The minimum atomic E-state index is -2.97. The second kappa shape index (κ2) is 7.04. The van der Waals surface area contributed by atoms with Crippen LogP contribution >= 0.6 is 0 Å². The fourth-order valence-electron chi connectivity index (χ4n) is 3.27. The van der Waals surface area contributed by atoms with Gasteiger partial charge in [-0.2, -0.15) is 0 Å². The van der Waals surface area contributed by atoms with Crippen LogP contribution < -0.4 is 5.32 Å². The van der Waals surface area contributed by atoms with Gasteiger partial charge in [0.2, 0.25) is 5.95 Å². The fraction of sp³-hybridized carbons (Fsp3) is 0.688. The molecule has 3 rings (SSSR count). The number of hydrogen-bond donors (Lipinski definition) is 1. The molecule has 132 valence electrons. The van der Waals surface area contributed by atoms with Gasteiger partial charge in [-0.1, -0.05) is 12.8 Å². The summed E-state index contributed by atoms with van der Waals surface area (Å²) in [4.78, 5) is 23.2. The summed E-state index contributed by atoms with van der Waals surface area (Å²) in [6.45, 7) is 3.36. The topological polar surface area (TPSA) is 92.3 Å². The van der Waals surface area contributed by atoms with Gasteiger partial charge in [-0.15, -0.1) is 0 Å². The molecule has 1 aromatic rings. The highest BCUT2D eigenvalue weighted by Crippen LogP contribution is 2.17. The zero-order valence-electron chi connectivity index (χ0n) is 14.0. The van der Waals surface area contributed by atoms with Crippen molar-refractivity contribution in [3.63, 3.8) is 0 Å². The second-order valence-electron chi connectivity index (χ2n) is 6.67. The Hall–Kier alpha value is -1.70. The first-order valence-corrected chi connectivity index (χ1v) is 10.4. The van der Waals surface area contributed by atoms with Gasteiger partial charge in [0.05, 0.1) is 11.5 Å². The number of aryl methyl sites for hydroxylation is 1. The molecule has 1 unspecified atom stereocenters. The first-order chi connectivity index (χ1) is 11.4. The molecule has 0 aromatic carbocycles. The van der Waals surface area contributed by atoms with Gasteiger partial charge in [-0.25, -0.2) is 18.4 Å². The van der Waals surface area contributed by atoms with E-state index in [1.54, 1.807) is 6.07 Å². The molecule has 1 aromatic heterocycles. The van der Waals surface area contributed by atoms with E-state index < -0.39 is 9.84 Å². The van der Waals surface area contributed by atoms with Crippen molar-refractivity contribution in [2.45, 2.75) is 45.1 Å². The Kier molecular flexibility index (Phi) is 5.03. The van der Waals surface area contributed by atoms with Crippen molar-refractivity contribution in [1.82, 2.24) is 14.9 Å². The summed E-state index contributed by atoms with van der Waals surface area (Å²) >= 11 is 0. The van der Waals surface area contributed by atoms with Crippen LogP contribution in [-0.2, 0) is 9.84 Å². The molecule has 3 heterocycles. The Balaban J connectivity index is 1.74. The Bertz CT molecular complexity index is 712. The summed E-state index contributed by atoms with van der Waals surface area (Å²) in [7, 11) is -2.97. The number of sulfone groups is 1. The first-order valence-electron chi connectivity index (χ1n) is 8.55. The van der Waals surface area contributed by atoms with Crippen molar-refractivity contribution in [2.75, 3.05) is 29.9 Å². The Morgan fingerprint density at radius 3 is 2.54 bits per heavy atom. The molecule has 0 aliphatic carbocycles. The van der Waals surface area contributed by atoms with Crippen LogP contribution in [0.25, 0.3) is 0 Å². The number of amides is 1. The SMILES string of the molecule is Cc1cc(C(=O)N2CCCCCC2)nc(NC2CCS(=O)(=O)C2)n1. The molecule has 7 nitrogen and oxygen atoms in total. The van der Waals surface area contributed by atoms with E-state index in [0.717, 1.165) is 38.8 Å². The average Bonchev–Trinajstić information content (AvgIpc) is 2.74. The lowest BCUT2D eigenvalue weighted by molar-refractivity contribution is 0.0755. The minimum absolute atomic E-state index is 0.0653. The number of aromatic nitrogens is 2. The second-order valence-corrected chi connectivity index (χ2v) is 8.90. The summed E-state index contributed by atoms with van der Waals surface area (Å²) in [5, 5.41) is 3.08. The molecule has 2 saturated heterocycles. The van der Waals surface area contributed by atoms with Gasteiger partial charge >= 0.3 is 0 Å². The van der Waals surface area contributed by atoms with E-state index in [1.807, 2.05) is 11.8 Å². The molecule has 0 radical (unpaired) electrons. The summed E-state index contributed by atoms with van der Waals surface area (Å²) in [5.41, 5.74) is 1.08.